The standard InChI is InChI=1S/C9H9NO/c1-7(11)9-4-2-8(6-10)3-5-9/h2-5,7,11H,1H3/t7-/m0/s1. The summed E-state index contributed by atoms with van der Waals surface area (Å²) in [6.45, 7) is 1.70. The molecule has 56 valence electrons. The third-order valence-corrected chi connectivity index (χ3v) is 1.52. The largest absolute Gasteiger partial charge is 0.389 e. The van der Waals surface area contributed by atoms with Gasteiger partial charge in [0.1, 0.15) is 0 Å². The maximum atomic E-state index is 9.10. The van der Waals surface area contributed by atoms with Gasteiger partial charge in [0.25, 0.3) is 0 Å². The van der Waals surface area contributed by atoms with E-state index >= 15 is 0 Å². The van der Waals surface area contributed by atoms with E-state index in [2.05, 4.69) is 0 Å². The molecule has 0 saturated heterocycles. The molecular weight excluding hydrogens is 138 g/mol. The quantitative estimate of drug-likeness (QED) is 0.655. The highest BCUT2D eigenvalue weighted by Crippen LogP contribution is 2.11. The summed E-state index contributed by atoms with van der Waals surface area (Å²) in [5.74, 6) is 0. The van der Waals surface area contributed by atoms with E-state index in [0.29, 0.717) is 5.56 Å². The number of rotatable bonds is 1. The molecule has 11 heavy (non-hydrogen) atoms. The molecule has 1 rings (SSSR count). The van der Waals surface area contributed by atoms with E-state index in [9.17, 15) is 0 Å². The molecule has 0 spiro atoms. The zero-order chi connectivity index (χ0) is 8.27. The third-order valence-electron chi connectivity index (χ3n) is 1.52. The number of hydrogen-bond acceptors (Lipinski definition) is 2. The van der Waals surface area contributed by atoms with Crippen LogP contribution in [-0.2, 0) is 0 Å². The van der Waals surface area contributed by atoms with Crippen LogP contribution in [0.4, 0.5) is 0 Å². The molecule has 2 heteroatoms. The van der Waals surface area contributed by atoms with Gasteiger partial charge in [-0.25, -0.2) is 0 Å². The van der Waals surface area contributed by atoms with E-state index in [1.807, 2.05) is 6.07 Å². The highest BCUT2D eigenvalue weighted by Gasteiger charge is 1.98. The van der Waals surface area contributed by atoms with Gasteiger partial charge in [-0.1, -0.05) is 12.1 Å². The lowest BCUT2D eigenvalue weighted by Gasteiger charge is -2.02. The minimum absolute atomic E-state index is 0.456. The summed E-state index contributed by atoms with van der Waals surface area (Å²) in [5.41, 5.74) is 1.46. The summed E-state index contributed by atoms with van der Waals surface area (Å²) in [4.78, 5) is 0. The second-order valence-electron chi connectivity index (χ2n) is 2.41. The number of benzene rings is 1. The van der Waals surface area contributed by atoms with Gasteiger partial charge in [-0.2, -0.15) is 5.26 Å². The molecule has 0 aliphatic rings. The first kappa shape index (κ1) is 7.77. The van der Waals surface area contributed by atoms with E-state index in [1.165, 1.54) is 0 Å². The van der Waals surface area contributed by atoms with Crippen molar-refractivity contribution in [2.24, 2.45) is 0 Å². The summed E-state index contributed by atoms with van der Waals surface area (Å²) in [7, 11) is 0. The van der Waals surface area contributed by atoms with Crippen molar-refractivity contribution in [2.45, 2.75) is 13.0 Å². The van der Waals surface area contributed by atoms with E-state index < -0.39 is 6.10 Å². The Bertz CT molecular complexity index is 269. The average molecular weight is 147 g/mol. The molecule has 1 N–H and O–H groups in total. The zero-order valence-corrected chi connectivity index (χ0v) is 6.28. The second kappa shape index (κ2) is 3.18. The maximum Gasteiger partial charge on any atom is 0.0991 e. The van der Waals surface area contributed by atoms with Gasteiger partial charge in [-0.3, -0.25) is 0 Å². The number of nitrogens with zero attached hydrogens (tertiary/aromatic N) is 1. The van der Waals surface area contributed by atoms with Crippen LogP contribution in [-0.4, -0.2) is 5.11 Å². The molecule has 1 atom stereocenters. The number of aliphatic hydroxyl groups is 1. The molecule has 0 radical (unpaired) electrons. The molecule has 0 bridgehead atoms. The van der Waals surface area contributed by atoms with E-state index in [4.69, 9.17) is 10.4 Å². The lowest BCUT2D eigenvalue weighted by atomic mass is 10.1. The fraction of sp³-hybridized carbons (Fsp3) is 0.222. The first-order valence-corrected chi connectivity index (χ1v) is 3.42. The Kier molecular flexibility index (Phi) is 2.25. The lowest BCUT2D eigenvalue weighted by Crippen LogP contribution is -1.89. The molecule has 0 heterocycles. The van der Waals surface area contributed by atoms with Crippen molar-refractivity contribution >= 4 is 0 Å². The van der Waals surface area contributed by atoms with Gasteiger partial charge >= 0.3 is 0 Å². The van der Waals surface area contributed by atoms with Crippen LogP contribution in [0.15, 0.2) is 24.3 Å². The first-order valence-electron chi connectivity index (χ1n) is 3.42. The molecule has 0 amide bonds. The highest BCUT2D eigenvalue weighted by atomic mass is 16.3. The fourth-order valence-corrected chi connectivity index (χ4v) is 0.836. The predicted octanol–water partition coefficient (Wildman–Crippen LogP) is 1.61. The molecule has 1 aromatic carbocycles. The fourth-order valence-electron chi connectivity index (χ4n) is 0.836. The van der Waals surface area contributed by atoms with Crippen molar-refractivity contribution in [3.63, 3.8) is 0 Å². The van der Waals surface area contributed by atoms with E-state index in [1.54, 1.807) is 31.2 Å². The summed E-state index contributed by atoms with van der Waals surface area (Å²) in [6.07, 6.45) is -0.456. The van der Waals surface area contributed by atoms with Gasteiger partial charge in [0, 0.05) is 0 Å². The Balaban J connectivity index is 2.94. The van der Waals surface area contributed by atoms with Gasteiger partial charge in [0.2, 0.25) is 0 Å². The van der Waals surface area contributed by atoms with Gasteiger partial charge in [-0.05, 0) is 24.6 Å². The monoisotopic (exact) mass is 147 g/mol. The van der Waals surface area contributed by atoms with E-state index in [0.717, 1.165) is 5.56 Å². The Labute approximate surface area is 65.7 Å². The topological polar surface area (TPSA) is 44.0 Å². The van der Waals surface area contributed by atoms with Crippen LogP contribution in [0.5, 0.6) is 0 Å². The van der Waals surface area contributed by atoms with Gasteiger partial charge in [-0.15, -0.1) is 0 Å². The molecule has 0 fully saturated rings. The Morgan fingerprint density at radius 3 is 2.27 bits per heavy atom. The number of nitriles is 1. The summed E-state index contributed by atoms with van der Waals surface area (Å²) in [5, 5.41) is 17.6. The number of aliphatic hydroxyl groups excluding tert-OH is 1. The van der Waals surface area contributed by atoms with Crippen LogP contribution < -0.4 is 0 Å². The van der Waals surface area contributed by atoms with Crippen LogP contribution in [0.1, 0.15) is 24.2 Å². The molecule has 2 nitrogen and oxygen atoms in total. The van der Waals surface area contributed by atoms with Gasteiger partial charge < -0.3 is 5.11 Å². The second-order valence-corrected chi connectivity index (χ2v) is 2.41. The summed E-state index contributed by atoms with van der Waals surface area (Å²) < 4.78 is 0. The Hall–Kier alpha value is -1.33. The molecular formula is C9H9NO. The minimum Gasteiger partial charge on any atom is -0.389 e. The lowest BCUT2D eigenvalue weighted by molar-refractivity contribution is 0.199. The van der Waals surface area contributed by atoms with Crippen molar-refractivity contribution in [3.8, 4) is 6.07 Å². The minimum atomic E-state index is -0.456. The maximum absolute atomic E-state index is 9.10. The smallest absolute Gasteiger partial charge is 0.0991 e. The molecule has 0 unspecified atom stereocenters. The normalized spacial score (nSPS) is 12.1. The third kappa shape index (κ3) is 1.79. The molecule has 0 saturated carbocycles. The predicted molar refractivity (Wildman–Crippen MR) is 41.8 cm³/mol. The van der Waals surface area contributed by atoms with Crippen molar-refractivity contribution < 1.29 is 5.11 Å². The van der Waals surface area contributed by atoms with Crippen molar-refractivity contribution in [1.29, 1.82) is 5.26 Å². The molecule has 1 aromatic rings. The van der Waals surface area contributed by atoms with Gasteiger partial charge in [0.15, 0.2) is 0 Å². The first-order chi connectivity index (χ1) is 5.24. The molecule has 0 aliphatic heterocycles. The highest BCUT2D eigenvalue weighted by molar-refractivity contribution is 5.32. The average Bonchev–Trinajstić information content (AvgIpc) is 2.05. The van der Waals surface area contributed by atoms with Crippen LogP contribution in [0.3, 0.4) is 0 Å². The van der Waals surface area contributed by atoms with Crippen LogP contribution in [0.2, 0.25) is 0 Å². The SMILES string of the molecule is C[C@H](O)c1ccc(C#N)cc1. The van der Waals surface area contributed by atoms with Crippen LogP contribution in [0, 0.1) is 11.3 Å². The van der Waals surface area contributed by atoms with Crippen LogP contribution >= 0.6 is 0 Å². The zero-order valence-electron chi connectivity index (χ0n) is 6.28. The van der Waals surface area contributed by atoms with E-state index in [-0.39, 0.29) is 0 Å². The van der Waals surface area contributed by atoms with Crippen LogP contribution in [0.25, 0.3) is 0 Å². The summed E-state index contributed by atoms with van der Waals surface area (Å²) in [6, 6.07) is 8.91. The van der Waals surface area contributed by atoms with Crippen molar-refractivity contribution in [1.82, 2.24) is 0 Å². The van der Waals surface area contributed by atoms with Crippen molar-refractivity contribution in [3.05, 3.63) is 35.4 Å². The molecule has 0 aliphatic carbocycles. The van der Waals surface area contributed by atoms with Crippen molar-refractivity contribution in [2.75, 3.05) is 0 Å². The number of hydrogen-bond donors (Lipinski definition) is 1. The molecule has 0 aromatic heterocycles. The van der Waals surface area contributed by atoms with Gasteiger partial charge in [0.05, 0.1) is 17.7 Å². The Morgan fingerprint density at radius 2 is 1.91 bits per heavy atom. The summed E-state index contributed by atoms with van der Waals surface area (Å²) >= 11 is 0. The Morgan fingerprint density at radius 1 is 1.36 bits per heavy atom.